The van der Waals surface area contributed by atoms with Gasteiger partial charge in [-0.25, -0.2) is 0 Å². The lowest BCUT2D eigenvalue weighted by atomic mass is 9.72. The molecule has 1 aromatic carbocycles. The van der Waals surface area contributed by atoms with Crippen LogP contribution in [0, 0.1) is 17.8 Å². The SMILES string of the molecule is CNC(c1cc(Cl)ccc1OC)C1CCC(C)C(C)C1. The summed E-state index contributed by atoms with van der Waals surface area (Å²) in [7, 11) is 3.76. The number of hydrogen-bond acceptors (Lipinski definition) is 2. The number of rotatable bonds is 4. The van der Waals surface area contributed by atoms with Gasteiger partial charge in [-0.1, -0.05) is 31.9 Å². The molecule has 0 heterocycles. The van der Waals surface area contributed by atoms with E-state index in [1.165, 1.54) is 24.8 Å². The van der Waals surface area contributed by atoms with Crippen molar-refractivity contribution in [3.8, 4) is 5.75 Å². The minimum Gasteiger partial charge on any atom is -0.496 e. The highest BCUT2D eigenvalue weighted by atomic mass is 35.5. The molecule has 1 saturated carbocycles. The van der Waals surface area contributed by atoms with Crippen molar-refractivity contribution in [2.45, 2.75) is 39.2 Å². The maximum absolute atomic E-state index is 6.18. The quantitative estimate of drug-likeness (QED) is 0.871. The van der Waals surface area contributed by atoms with Crippen LogP contribution in [0.4, 0.5) is 0 Å². The summed E-state index contributed by atoms with van der Waals surface area (Å²) < 4.78 is 5.52. The van der Waals surface area contributed by atoms with Gasteiger partial charge in [0.05, 0.1) is 7.11 Å². The van der Waals surface area contributed by atoms with Crippen LogP contribution in [0.3, 0.4) is 0 Å². The Morgan fingerprint density at radius 3 is 2.60 bits per heavy atom. The normalized spacial score (nSPS) is 28.1. The fourth-order valence-electron chi connectivity index (χ4n) is 3.49. The van der Waals surface area contributed by atoms with E-state index >= 15 is 0 Å². The second kappa shape index (κ2) is 6.82. The summed E-state index contributed by atoms with van der Waals surface area (Å²) in [6.07, 6.45) is 3.85. The van der Waals surface area contributed by atoms with Crippen molar-refractivity contribution < 1.29 is 4.74 Å². The van der Waals surface area contributed by atoms with Crippen molar-refractivity contribution in [3.63, 3.8) is 0 Å². The van der Waals surface area contributed by atoms with E-state index in [1.54, 1.807) is 7.11 Å². The Morgan fingerprint density at radius 2 is 2.00 bits per heavy atom. The summed E-state index contributed by atoms with van der Waals surface area (Å²) >= 11 is 6.18. The molecule has 0 saturated heterocycles. The highest BCUT2D eigenvalue weighted by Gasteiger charge is 2.31. The lowest BCUT2D eigenvalue weighted by Gasteiger charge is -2.37. The van der Waals surface area contributed by atoms with Crippen molar-refractivity contribution in [2.75, 3.05) is 14.2 Å². The molecule has 2 rings (SSSR count). The highest BCUT2D eigenvalue weighted by Crippen LogP contribution is 2.42. The first-order valence-corrected chi connectivity index (χ1v) is 7.95. The van der Waals surface area contributed by atoms with Crippen LogP contribution < -0.4 is 10.1 Å². The fraction of sp³-hybridized carbons (Fsp3) is 0.647. The lowest BCUT2D eigenvalue weighted by molar-refractivity contribution is 0.173. The van der Waals surface area contributed by atoms with E-state index in [2.05, 4.69) is 19.2 Å². The van der Waals surface area contributed by atoms with Gasteiger partial charge < -0.3 is 10.1 Å². The van der Waals surface area contributed by atoms with E-state index in [9.17, 15) is 0 Å². The minimum atomic E-state index is 0.318. The Kier molecular flexibility index (Phi) is 5.34. The van der Waals surface area contributed by atoms with Crippen molar-refractivity contribution >= 4 is 11.6 Å². The molecule has 20 heavy (non-hydrogen) atoms. The lowest BCUT2D eigenvalue weighted by Crippen LogP contribution is -2.31. The summed E-state index contributed by atoms with van der Waals surface area (Å²) in [5, 5.41) is 4.26. The Labute approximate surface area is 127 Å². The molecule has 2 nitrogen and oxygen atoms in total. The molecule has 1 fully saturated rings. The molecule has 0 aliphatic heterocycles. The number of methoxy groups -OCH3 is 1. The second-order valence-corrected chi connectivity index (χ2v) is 6.62. The van der Waals surface area contributed by atoms with Gasteiger partial charge >= 0.3 is 0 Å². The molecule has 1 N–H and O–H groups in total. The molecule has 1 aliphatic rings. The Bertz CT molecular complexity index is 449. The Hall–Kier alpha value is -0.730. The van der Waals surface area contributed by atoms with Gasteiger partial charge in [0, 0.05) is 16.6 Å². The zero-order valence-corrected chi connectivity index (χ0v) is 13.7. The van der Waals surface area contributed by atoms with Gasteiger partial charge in [0.2, 0.25) is 0 Å². The molecule has 0 amide bonds. The van der Waals surface area contributed by atoms with Crippen LogP contribution in [0.1, 0.15) is 44.7 Å². The van der Waals surface area contributed by atoms with Crippen LogP contribution in [-0.4, -0.2) is 14.2 Å². The fourth-order valence-corrected chi connectivity index (χ4v) is 3.67. The molecule has 0 radical (unpaired) electrons. The van der Waals surface area contributed by atoms with Gasteiger partial charge in [0.15, 0.2) is 0 Å². The molecule has 0 bridgehead atoms. The Balaban J connectivity index is 2.26. The first-order chi connectivity index (χ1) is 9.56. The molecule has 0 spiro atoms. The highest BCUT2D eigenvalue weighted by molar-refractivity contribution is 6.30. The topological polar surface area (TPSA) is 21.3 Å². The van der Waals surface area contributed by atoms with Crippen molar-refractivity contribution in [3.05, 3.63) is 28.8 Å². The second-order valence-electron chi connectivity index (χ2n) is 6.18. The minimum absolute atomic E-state index is 0.318. The molecule has 1 aromatic rings. The van der Waals surface area contributed by atoms with Gasteiger partial charge in [-0.05, 0) is 55.8 Å². The van der Waals surface area contributed by atoms with Gasteiger partial charge in [-0.2, -0.15) is 0 Å². The first-order valence-electron chi connectivity index (χ1n) is 7.57. The van der Waals surface area contributed by atoms with E-state index in [-0.39, 0.29) is 0 Å². The monoisotopic (exact) mass is 295 g/mol. The van der Waals surface area contributed by atoms with Gasteiger partial charge in [-0.15, -0.1) is 0 Å². The smallest absolute Gasteiger partial charge is 0.123 e. The molecule has 112 valence electrons. The zero-order valence-electron chi connectivity index (χ0n) is 12.9. The van der Waals surface area contributed by atoms with Crippen LogP contribution in [0.5, 0.6) is 5.75 Å². The molecular weight excluding hydrogens is 270 g/mol. The maximum atomic E-state index is 6.18. The van der Waals surface area contributed by atoms with Gasteiger partial charge in [0.25, 0.3) is 0 Å². The summed E-state index contributed by atoms with van der Waals surface area (Å²) in [5.74, 6) is 3.21. The van der Waals surface area contributed by atoms with Crippen LogP contribution in [-0.2, 0) is 0 Å². The maximum Gasteiger partial charge on any atom is 0.123 e. The molecule has 0 aromatic heterocycles. The van der Waals surface area contributed by atoms with E-state index < -0.39 is 0 Å². The van der Waals surface area contributed by atoms with Gasteiger partial charge in [0.1, 0.15) is 5.75 Å². The number of nitrogens with one attached hydrogen (secondary N) is 1. The zero-order chi connectivity index (χ0) is 14.7. The third-order valence-corrected chi connectivity index (χ3v) is 5.18. The average molecular weight is 296 g/mol. The van der Waals surface area contributed by atoms with Crippen molar-refractivity contribution in [1.29, 1.82) is 0 Å². The van der Waals surface area contributed by atoms with Crippen LogP contribution >= 0.6 is 11.6 Å². The van der Waals surface area contributed by atoms with Crippen LogP contribution in [0.15, 0.2) is 18.2 Å². The predicted molar refractivity (Wildman–Crippen MR) is 85.5 cm³/mol. The van der Waals surface area contributed by atoms with E-state index in [4.69, 9.17) is 16.3 Å². The van der Waals surface area contributed by atoms with E-state index in [1.807, 2.05) is 25.2 Å². The number of halogens is 1. The number of hydrogen-bond donors (Lipinski definition) is 1. The van der Waals surface area contributed by atoms with E-state index in [0.29, 0.717) is 12.0 Å². The Morgan fingerprint density at radius 1 is 1.25 bits per heavy atom. The van der Waals surface area contributed by atoms with Gasteiger partial charge in [-0.3, -0.25) is 0 Å². The van der Waals surface area contributed by atoms with E-state index in [0.717, 1.165) is 22.6 Å². The summed E-state index contributed by atoms with van der Waals surface area (Å²) in [5.41, 5.74) is 1.19. The van der Waals surface area contributed by atoms with Crippen molar-refractivity contribution in [2.24, 2.45) is 17.8 Å². The van der Waals surface area contributed by atoms with Crippen LogP contribution in [0.25, 0.3) is 0 Å². The summed E-state index contributed by atoms with van der Waals surface area (Å²) in [6.45, 7) is 4.74. The molecule has 4 atom stereocenters. The number of ether oxygens (including phenoxy) is 1. The summed E-state index contributed by atoms with van der Waals surface area (Å²) in [6, 6.07) is 6.22. The predicted octanol–water partition coefficient (Wildman–Crippen LogP) is 4.68. The standard InChI is InChI=1S/C17H26ClNO/c1-11-5-6-13(9-12(11)2)17(19-3)15-10-14(18)7-8-16(15)20-4/h7-8,10-13,17,19H,5-6,9H2,1-4H3. The largest absolute Gasteiger partial charge is 0.496 e. The molecule has 3 heteroatoms. The van der Waals surface area contributed by atoms with Crippen LogP contribution in [0.2, 0.25) is 5.02 Å². The molecule has 4 unspecified atom stereocenters. The third kappa shape index (κ3) is 3.29. The molecule has 1 aliphatic carbocycles. The third-order valence-electron chi connectivity index (χ3n) is 4.95. The first kappa shape index (κ1) is 15.7. The molecular formula is C17H26ClNO. The van der Waals surface area contributed by atoms with Crippen molar-refractivity contribution in [1.82, 2.24) is 5.32 Å². The average Bonchev–Trinajstić information content (AvgIpc) is 2.44. The summed E-state index contributed by atoms with van der Waals surface area (Å²) in [4.78, 5) is 0. The number of benzene rings is 1.